The Morgan fingerprint density at radius 2 is 2.16 bits per heavy atom. The van der Waals surface area contributed by atoms with Crippen LogP contribution in [0.5, 0.6) is 0 Å². The topological polar surface area (TPSA) is 111 Å². The number of rotatable bonds is 2. The summed E-state index contributed by atoms with van der Waals surface area (Å²) >= 11 is 6.42. The molecule has 3 rings (SSSR count). The molecule has 25 heavy (non-hydrogen) atoms. The van der Waals surface area contributed by atoms with Crippen LogP contribution in [-0.4, -0.2) is 67.4 Å². The fraction of sp³-hybridized carbons (Fsp3) is 0.533. The van der Waals surface area contributed by atoms with Gasteiger partial charge in [0.25, 0.3) is 0 Å². The third-order valence-electron chi connectivity index (χ3n) is 4.35. The number of nitrogens with one attached hydrogen (secondary N) is 1. The second-order valence-electron chi connectivity index (χ2n) is 7.07. The first-order chi connectivity index (χ1) is 11.8. The average Bonchev–Trinajstić information content (AvgIpc) is 3.07. The normalized spacial score (nSPS) is 18.5. The van der Waals surface area contributed by atoms with E-state index in [2.05, 4.69) is 25.6 Å². The molecule has 1 saturated heterocycles. The lowest BCUT2D eigenvalue weighted by atomic mass is 9.84. The first kappa shape index (κ1) is 17.4. The van der Waals surface area contributed by atoms with Crippen molar-refractivity contribution in [2.24, 2.45) is 5.41 Å². The fourth-order valence-electron chi connectivity index (χ4n) is 3.02. The van der Waals surface area contributed by atoms with E-state index in [1.54, 1.807) is 12.3 Å². The molecule has 1 fully saturated rings. The van der Waals surface area contributed by atoms with E-state index in [1.165, 1.54) is 4.90 Å². The Kier molecular flexibility index (Phi) is 4.51. The number of amides is 1. The third kappa shape index (κ3) is 3.51. The zero-order valence-electron chi connectivity index (χ0n) is 14.3. The number of hydrogen-bond acceptors (Lipinski definition) is 6. The van der Waals surface area contributed by atoms with Crippen molar-refractivity contribution in [3.63, 3.8) is 0 Å². The van der Waals surface area contributed by atoms with Crippen molar-refractivity contribution >= 4 is 23.5 Å². The van der Waals surface area contributed by atoms with Gasteiger partial charge < -0.3 is 14.9 Å². The van der Waals surface area contributed by atoms with Crippen molar-refractivity contribution in [1.82, 2.24) is 30.5 Å². The van der Waals surface area contributed by atoms with E-state index in [0.29, 0.717) is 41.9 Å². The van der Waals surface area contributed by atoms with E-state index in [9.17, 15) is 9.90 Å². The number of pyridine rings is 1. The summed E-state index contributed by atoms with van der Waals surface area (Å²) in [5.74, 6) is 1.05. The first-order valence-corrected chi connectivity index (χ1v) is 8.29. The van der Waals surface area contributed by atoms with Crippen molar-refractivity contribution in [3.8, 4) is 11.4 Å². The smallest absolute Gasteiger partial charge is 0.407 e. The van der Waals surface area contributed by atoms with Gasteiger partial charge in [0.15, 0.2) is 0 Å². The molecule has 2 N–H and O–H groups in total. The molecule has 9 nitrogen and oxygen atoms in total. The van der Waals surface area contributed by atoms with Gasteiger partial charge in [-0.05, 0) is 16.7 Å². The van der Waals surface area contributed by atoms with Crippen LogP contribution in [0.2, 0.25) is 5.02 Å². The van der Waals surface area contributed by atoms with E-state index in [0.717, 1.165) is 0 Å². The number of aromatic nitrogens is 5. The SMILES string of the molecule is CC(C)(C)C1CN(c2ncc(-c3nn[nH]n3)cc2Cl)CCN1C(=O)O. The number of tetrazole rings is 1. The van der Waals surface area contributed by atoms with Crippen molar-refractivity contribution in [2.45, 2.75) is 26.8 Å². The van der Waals surface area contributed by atoms with E-state index >= 15 is 0 Å². The Bertz CT molecular complexity index is 760. The fourth-order valence-corrected chi connectivity index (χ4v) is 3.30. The summed E-state index contributed by atoms with van der Waals surface area (Å²) in [4.78, 5) is 19.5. The quantitative estimate of drug-likeness (QED) is 0.838. The van der Waals surface area contributed by atoms with Crippen LogP contribution in [0.1, 0.15) is 20.8 Å². The van der Waals surface area contributed by atoms with Crippen LogP contribution < -0.4 is 4.90 Å². The van der Waals surface area contributed by atoms with Crippen LogP contribution >= 0.6 is 11.6 Å². The summed E-state index contributed by atoms with van der Waals surface area (Å²) in [6.07, 6.45) is 0.743. The standard InChI is InChI=1S/C15H20ClN7O2/c1-15(2,3)11-8-22(4-5-23(11)14(24)25)13-10(16)6-9(7-17-13)12-18-20-21-19-12/h6-7,11H,4-5,8H2,1-3H3,(H,24,25)(H,18,19,20,21). The molecule has 1 unspecified atom stereocenters. The van der Waals surface area contributed by atoms with Crippen LogP contribution in [0, 0.1) is 5.41 Å². The molecule has 0 spiro atoms. The Labute approximate surface area is 150 Å². The third-order valence-corrected chi connectivity index (χ3v) is 4.63. The number of piperazine rings is 1. The molecular weight excluding hydrogens is 346 g/mol. The van der Waals surface area contributed by atoms with E-state index in [4.69, 9.17) is 11.6 Å². The maximum atomic E-state index is 11.5. The van der Waals surface area contributed by atoms with Crippen LogP contribution in [0.4, 0.5) is 10.6 Å². The van der Waals surface area contributed by atoms with Crippen molar-refractivity contribution < 1.29 is 9.90 Å². The number of H-pyrrole nitrogens is 1. The second kappa shape index (κ2) is 6.47. The number of halogens is 1. The highest BCUT2D eigenvalue weighted by Crippen LogP contribution is 2.33. The Balaban J connectivity index is 1.86. The monoisotopic (exact) mass is 365 g/mol. The molecule has 0 bridgehead atoms. The van der Waals surface area contributed by atoms with E-state index < -0.39 is 6.09 Å². The summed E-state index contributed by atoms with van der Waals surface area (Å²) in [7, 11) is 0. The molecule has 0 saturated carbocycles. The minimum absolute atomic E-state index is 0.159. The predicted molar refractivity (Wildman–Crippen MR) is 92.6 cm³/mol. The number of carboxylic acid groups (broad SMARTS) is 1. The van der Waals surface area contributed by atoms with Crippen LogP contribution in [0.25, 0.3) is 11.4 Å². The lowest BCUT2D eigenvalue weighted by molar-refractivity contribution is 0.0747. The van der Waals surface area contributed by atoms with Crippen molar-refractivity contribution in [1.29, 1.82) is 0 Å². The van der Waals surface area contributed by atoms with E-state index in [-0.39, 0.29) is 11.5 Å². The van der Waals surface area contributed by atoms with Gasteiger partial charge in [0.2, 0.25) is 5.82 Å². The van der Waals surface area contributed by atoms with Gasteiger partial charge >= 0.3 is 6.09 Å². The molecule has 2 aromatic heterocycles. The molecule has 0 aliphatic carbocycles. The number of anilines is 1. The van der Waals surface area contributed by atoms with Gasteiger partial charge in [-0.3, -0.25) is 0 Å². The van der Waals surface area contributed by atoms with Crippen LogP contribution in [-0.2, 0) is 0 Å². The highest BCUT2D eigenvalue weighted by Gasteiger charge is 2.38. The summed E-state index contributed by atoms with van der Waals surface area (Å²) in [6.45, 7) is 7.57. The van der Waals surface area contributed by atoms with Crippen LogP contribution in [0.15, 0.2) is 12.3 Å². The molecule has 3 heterocycles. The zero-order chi connectivity index (χ0) is 18.2. The number of aromatic amines is 1. The van der Waals surface area contributed by atoms with Crippen LogP contribution in [0.3, 0.4) is 0 Å². The summed E-state index contributed by atoms with van der Waals surface area (Å²) in [6, 6.07) is 1.58. The molecule has 134 valence electrons. The minimum atomic E-state index is -0.897. The maximum absolute atomic E-state index is 11.5. The number of nitrogens with zero attached hydrogens (tertiary/aromatic N) is 6. The zero-order valence-corrected chi connectivity index (χ0v) is 15.0. The van der Waals surface area contributed by atoms with Gasteiger partial charge in [0, 0.05) is 31.4 Å². The van der Waals surface area contributed by atoms with Crippen molar-refractivity contribution in [2.75, 3.05) is 24.5 Å². The molecule has 1 amide bonds. The van der Waals surface area contributed by atoms with Gasteiger partial charge in [0.05, 0.1) is 11.1 Å². The number of carbonyl (C=O) groups is 1. The highest BCUT2D eigenvalue weighted by atomic mass is 35.5. The lowest BCUT2D eigenvalue weighted by Gasteiger charge is -2.46. The molecule has 0 aromatic carbocycles. The minimum Gasteiger partial charge on any atom is -0.465 e. The maximum Gasteiger partial charge on any atom is 0.407 e. The van der Waals surface area contributed by atoms with E-state index in [1.807, 2.05) is 25.7 Å². The van der Waals surface area contributed by atoms with Gasteiger partial charge in [-0.15, -0.1) is 10.2 Å². The Morgan fingerprint density at radius 3 is 2.72 bits per heavy atom. The summed E-state index contributed by atoms with van der Waals surface area (Å²) < 4.78 is 0. The molecule has 10 heteroatoms. The summed E-state index contributed by atoms with van der Waals surface area (Å²) in [5, 5.41) is 23.7. The second-order valence-corrected chi connectivity index (χ2v) is 7.48. The average molecular weight is 366 g/mol. The highest BCUT2D eigenvalue weighted by molar-refractivity contribution is 6.33. The molecule has 1 aliphatic rings. The van der Waals surface area contributed by atoms with Gasteiger partial charge in [-0.2, -0.15) is 5.21 Å². The predicted octanol–water partition coefficient (Wildman–Crippen LogP) is 2.13. The van der Waals surface area contributed by atoms with Gasteiger partial charge in [-0.25, -0.2) is 9.78 Å². The van der Waals surface area contributed by atoms with Gasteiger partial charge in [0.1, 0.15) is 5.82 Å². The van der Waals surface area contributed by atoms with Crippen molar-refractivity contribution in [3.05, 3.63) is 17.3 Å². The van der Waals surface area contributed by atoms with Gasteiger partial charge in [-0.1, -0.05) is 32.4 Å². The first-order valence-electron chi connectivity index (χ1n) is 7.91. The molecule has 2 aromatic rings. The molecule has 1 aliphatic heterocycles. The summed E-state index contributed by atoms with van der Waals surface area (Å²) in [5.41, 5.74) is 0.465. The Morgan fingerprint density at radius 1 is 1.40 bits per heavy atom. The molecular formula is C15H20ClN7O2. The molecule has 1 atom stereocenters. The Hall–Kier alpha value is -2.42. The lowest BCUT2D eigenvalue weighted by Crippen LogP contribution is -2.59. The molecule has 0 radical (unpaired) electrons. The number of hydrogen-bond donors (Lipinski definition) is 2. The largest absolute Gasteiger partial charge is 0.465 e.